The van der Waals surface area contributed by atoms with E-state index in [2.05, 4.69) is 40.5 Å². The number of nitrogens with zero attached hydrogens (tertiary/aromatic N) is 4. The average Bonchev–Trinajstić information content (AvgIpc) is 1.47. The molecular formula is C74H86N4O16. The lowest BCUT2D eigenvalue weighted by molar-refractivity contribution is -0.341. The first kappa shape index (κ1) is 72.4. The molecule has 0 bridgehead atoms. The zero-order chi connectivity index (χ0) is 66.9. The van der Waals surface area contributed by atoms with Gasteiger partial charge in [0.2, 0.25) is 0 Å². The molecule has 0 aromatic heterocycles. The standard InChI is InChI=1S/C40H48N2O9.C34H38N2O7/c1-5-37(43)45-19-9-7-6-8-18-44-35-16-14-33(15-17-35)26-49-51-38-28(2)20-34(21-29(38)3)23-42-41-22-31-10-12-32(13-11-31)25-48-50-36-27-47-39-30(4)24-46-40(36)39;1-5-31(37)42-19-9-7-6-8-18-41-30-16-14-28(15-17-30)33(43-39)32-24(2)20-27(21-25(32)3)23-36-35-22-26-10-12-29(13-11-26)34(38)40-4/h5,10-17,20-23,30,36,39-40H,1,6-9,18-19,24-27H2,2-4H3;5,10-17,20-23,33,39H,1,6-9,18-19H2,2-4H3/b41-22+,42-23+;35-22+,36-23+/t30-,36+,39?,40?;/m0./s1. The summed E-state index contributed by atoms with van der Waals surface area (Å²) in [5.74, 6) is 1.44. The predicted molar refractivity (Wildman–Crippen MR) is 359 cm³/mol. The summed E-state index contributed by atoms with van der Waals surface area (Å²) in [6, 6.07) is 37.8. The molecule has 1 N–H and O–H groups in total. The van der Waals surface area contributed by atoms with Gasteiger partial charge in [-0.3, -0.25) is 5.26 Å². The second-order valence-corrected chi connectivity index (χ2v) is 22.7. The summed E-state index contributed by atoms with van der Waals surface area (Å²) in [4.78, 5) is 60.9. The molecule has 5 atom stereocenters. The Kier molecular flexibility index (Phi) is 30.5. The first-order valence-corrected chi connectivity index (χ1v) is 31.5. The summed E-state index contributed by atoms with van der Waals surface area (Å²) in [5, 5.41) is 26.5. The van der Waals surface area contributed by atoms with E-state index in [9.17, 15) is 19.6 Å². The van der Waals surface area contributed by atoms with Crippen LogP contribution in [0.4, 0.5) is 0 Å². The van der Waals surface area contributed by atoms with Crippen molar-refractivity contribution in [1.82, 2.24) is 0 Å². The van der Waals surface area contributed by atoms with Crippen LogP contribution < -0.4 is 14.4 Å². The number of fused-ring (bicyclic) bond motifs is 1. The highest BCUT2D eigenvalue weighted by Crippen LogP contribution is 2.34. The largest absolute Gasteiger partial charge is 0.494 e. The lowest BCUT2D eigenvalue weighted by atomic mass is 9.92. The fourth-order valence-corrected chi connectivity index (χ4v) is 10.4. The molecular weight excluding hydrogens is 1200 g/mol. The van der Waals surface area contributed by atoms with Gasteiger partial charge >= 0.3 is 17.9 Å². The van der Waals surface area contributed by atoms with Crippen molar-refractivity contribution >= 4 is 42.8 Å². The molecule has 6 aromatic rings. The van der Waals surface area contributed by atoms with Crippen molar-refractivity contribution < 1.29 is 77.2 Å². The third-order valence-corrected chi connectivity index (χ3v) is 15.3. The number of rotatable bonds is 36. The van der Waals surface area contributed by atoms with Crippen molar-refractivity contribution in [2.75, 3.05) is 46.8 Å². The average molecular weight is 1290 g/mol. The van der Waals surface area contributed by atoms with Gasteiger partial charge in [0, 0.05) is 18.1 Å². The molecule has 0 radical (unpaired) electrons. The summed E-state index contributed by atoms with van der Waals surface area (Å²) < 4.78 is 37.9. The van der Waals surface area contributed by atoms with Crippen molar-refractivity contribution in [3.8, 4) is 17.2 Å². The summed E-state index contributed by atoms with van der Waals surface area (Å²) in [6.45, 7) is 20.6. The van der Waals surface area contributed by atoms with Crippen LogP contribution >= 0.6 is 0 Å². The lowest BCUT2D eigenvalue weighted by Crippen LogP contribution is -2.31. The molecule has 2 saturated heterocycles. The van der Waals surface area contributed by atoms with E-state index in [1.165, 1.54) is 19.3 Å². The van der Waals surface area contributed by atoms with E-state index in [4.69, 9.17) is 57.6 Å². The molecule has 94 heavy (non-hydrogen) atoms. The van der Waals surface area contributed by atoms with Crippen molar-refractivity contribution in [2.24, 2.45) is 26.3 Å². The van der Waals surface area contributed by atoms with E-state index in [1.807, 2.05) is 125 Å². The topological polar surface area (TPSA) is 232 Å². The molecule has 0 saturated carbocycles. The normalized spacial score (nSPS) is 16.2. The quantitative estimate of drug-likeness (QED) is 0.00733. The van der Waals surface area contributed by atoms with Crippen LogP contribution in [-0.2, 0) is 66.0 Å². The first-order valence-electron chi connectivity index (χ1n) is 31.5. The van der Waals surface area contributed by atoms with Gasteiger partial charge < -0.3 is 38.0 Å². The minimum absolute atomic E-state index is 0.0577. The monoisotopic (exact) mass is 1290 g/mol. The van der Waals surface area contributed by atoms with Crippen LogP contribution in [0.25, 0.3) is 0 Å². The smallest absolute Gasteiger partial charge is 0.337 e. The van der Waals surface area contributed by atoms with E-state index < -0.39 is 18.0 Å². The number of benzene rings is 6. The fraction of sp³-hybridized carbons (Fsp3) is 0.365. The molecule has 0 aliphatic carbocycles. The second kappa shape index (κ2) is 39.5. The summed E-state index contributed by atoms with van der Waals surface area (Å²) in [5.41, 5.74) is 11.3. The molecule has 6 aromatic carbocycles. The number of esters is 3. The van der Waals surface area contributed by atoms with Crippen molar-refractivity contribution in [1.29, 1.82) is 0 Å². The Morgan fingerprint density at radius 1 is 0.553 bits per heavy atom. The molecule has 2 fully saturated rings. The van der Waals surface area contributed by atoms with Crippen LogP contribution in [0.5, 0.6) is 17.2 Å². The maximum absolute atomic E-state index is 11.6. The van der Waals surface area contributed by atoms with E-state index in [0.717, 1.165) is 130 Å². The Morgan fingerprint density at radius 3 is 1.50 bits per heavy atom. The Morgan fingerprint density at radius 2 is 1.00 bits per heavy atom. The highest BCUT2D eigenvalue weighted by Gasteiger charge is 2.47. The van der Waals surface area contributed by atoms with E-state index in [-0.39, 0.29) is 24.3 Å². The van der Waals surface area contributed by atoms with Gasteiger partial charge in [0.1, 0.15) is 43.0 Å². The number of hydrogen-bond donors (Lipinski definition) is 1. The van der Waals surface area contributed by atoms with Crippen molar-refractivity contribution in [3.63, 3.8) is 0 Å². The van der Waals surface area contributed by atoms with E-state index >= 15 is 0 Å². The van der Waals surface area contributed by atoms with Crippen molar-refractivity contribution in [2.45, 2.75) is 124 Å². The number of carbonyl (C=O) groups excluding carboxylic acids is 3. The molecule has 20 nitrogen and oxygen atoms in total. The molecule has 8 rings (SSSR count). The second-order valence-electron chi connectivity index (χ2n) is 22.7. The zero-order valence-corrected chi connectivity index (χ0v) is 54.5. The summed E-state index contributed by atoms with van der Waals surface area (Å²) >= 11 is 0. The number of methoxy groups -OCH3 is 1. The molecule has 2 aliphatic rings. The van der Waals surface area contributed by atoms with Crippen LogP contribution in [0, 0.1) is 33.6 Å². The van der Waals surface area contributed by atoms with Gasteiger partial charge in [-0.15, -0.1) is 0 Å². The molecule has 3 unspecified atom stereocenters. The zero-order valence-electron chi connectivity index (χ0n) is 54.5. The molecule has 498 valence electrons. The van der Waals surface area contributed by atoms with Gasteiger partial charge in [0.05, 0.1) is 83.3 Å². The number of aryl methyl sites for hydroxylation is 4. The number of hydrogen-bond acceptors (Lipinski definition) is 20. The molecule has 2 heterocycles. The van der Waals surface area contributed by atoms with Gasteiger partial charge in [0.15, 0.2) is 5.75 Å². The minimum Gasteiger partial charge on any atom is -0.494 e. The van der Waals surface area contributed by atoms with Gasteiger partial charge in [-0.25, -0.2) is 29.0 Å². The van der Waals surface area contributed by atoms with Crippen LogP contribution in [0.2, 0.25) is 0 Å². The number of carbonyl (C=O) groups is 3. The summed E-state index contributed by atoms with van der Waals surface area (Å²) in [7, 11) is 1.34. The van der Waals surface area contributed by atoms with Gasteiger partial charge in [-0.1, -0.05) is 92.9 Å². The van der Waals surface area contributed by atoms with Crippen LogP contribution in [0.3, 0.4) is 0 Å². The van der Waals surface area contributed by atoms with Crippen molar-refractivity contribution in [3.05, 3.63) is 219 Å². The van der Waals surface area contributed by atoms with Crippen LogP contribution in [0.1, 0.15) is 142 Å². The Bertz CT molecular complexity index is 3430. The molecule has 0 amide bonds. The highest BCUT2D eigenvalue weighted by molar-refractivity contribution is 5.91. The van der Waals surface area contributed by atoms with Gasteiger partial charge in [-0.05, 0) is 194 Å². The van der Waals surface area contributed by atoms with Gasteiger partial charge in [-0.2, -0.15) is 25.3 Å². The number of unbranched alkanes of at least 4 members (excludes halogenated alkanes) is 6. The van der Waals surface area contributed by atoms with Crippen LogP contribution in [0.15, 0.2) is 167 Å². The van der Waals surface area contributed by atoms with Gasteiger partial charge in [0.25, 0.3) is 0 Å². The van der Waals surface area contributed by atoms with E-state index in [1.54, 1.807) is 49.1 Å². The fourth-order valence-electron chi connectivity index (χ4n) is 10.4. The molecule has 0 spiro atoms. The van der Waals surface area contributed by atoms with Crippen LogP contribution in [-0.4, -0.2) is 113 Å². The Hall–Kier alpha value is -8.99. The molecule has 2 aliphatic heterocycles. The minimum atomic E-state index is -0.666. The maximum Gasteiger partial charge on any atom is 0.337 e. The highest BCUT2D eigenvalue weighted by atomic mass is 17.2. The Labute approximate surface area is 550 Å². The first-order chi connectivity index (χ1) is 45.7. The SMILES string of the molecule is C=CC(=O)OCCCCCCOc1ccc(C(OO)c2c(C)cc(/C=N/N=C/c3ccc(C(=O)OC)cc3)cc2C)cc1.C=CC(=O)OCCCCCCOc1ccc(COOc2c(C)cc(/C=N/N=C/c3ccc(COO[C@@H]4COC5C4OC[C@@H]5C)cc3)cc2C)cc1. The molecule has 20 heteroatoms. The number of ether oxygens (including phenoxy) is 7. The predicted octanol–water partition coefficient (Wildman–Crippen LogP) is 14.0. The van der Waals surface area contributed by atoms with E-state index in [0.29, 0.717) is 70.1 Å². The third kappa shape index (κ3) is 23.8. The Balaban J connectivity index is 0.000000270. The third-order valence-electron chi connectivity index (χ3n) is 15.3. The summed E-state index contributed by atoms with van der Waals surface area (Å²) in [6.07, 6.45) is 15.6. The maximum atomic E-state index is 11.6. The lowest BCUT2D eigenvalue weighted by Gasteiger charge is -2.20.